The van der Waals surface area contributed by atoms with Crippen LogP contribution in [0, 0.1) is 23.2 Å². The van der Waals surface area contributed by atoms with Crippen molar-refractivity contribution in [2.75, 3.05) is 18.9 Å². The number of fused-ring (bicyclic) bond motifs is 2. The van der Waals surface area contributed by atoms with Gasteiger partial charge in [0.25, 0.3) is 0 Å². The molecule has 38 heavy (non-hydrogen) atoms. The molecule has 0 saturated heterocycles. The predicted octanol–water partition coefficient (Wildman–Crippen LogP) is 2.62. The van der Waals surface area contributed by atoms with Crippen LogP contribution < -0.4 is 10.6 Å². The number of aromatic nitrogens is 4. The minimum absolute atomic E-state index is 0.239. The summed E-state index contributed by atoms with van der Waals surface area (Å²) < 4.78 is 2.40. The maximum absolute atomic E-state index is 12.6. The molecule has 3 aromatic heterocycles. The third kappa shape index (κ3) is 4.12. The lowest BCUT2D eigenvalue weighted by Gasteiger charge is -2.23. The third-order valence-electron chi connectivity index (χ3n) is 7.48. The molecule has 2 unspecified atom stereocenters. The smallest absolute Gasteiger partial charge is 0.229 e. The van der Waals surface area contributed by atoms with E-state index in [1.165, 1.54) is 23.9 Å². The van der Waals surface area contributed by atoms with Crippen LogP contribution in [0.4, 0.5) is 5.82 Å². The van der Waals surface area contributed by atoms with Gasteiger partial charge in [-0.1, -0.05) is 41.9 Å². The van der Waals surface area contributed by atoms with Crippen molar-refractivity contribution in [1.29, 1.82) is 0 Å². The standard InChI is InChI=1S/C27H25ClN6O3S/c1-29-26(37)27-13-17(27)21(22(35)23(27)36)34-14-31-20-24(30-12-11-15-5-3-2-4-6-15)32-19(33-25(20)34)10-8-16-7-9-18(28)38-16/h2-7,9,14,17,21-23,35-36H,11-13H2,1H3,(H,29,37)(H,30,32,33)/t17?,21-,22?,23+,27-/m1/s1. The summed E-state index contributed by atoms with van der Waals surface area (Å²) in [5.41, 5.74) is 1.20. The maximum atomic E-state index is 12.6. The van der Waals surface area contributed by atoms with Crippen LogP contribution in [-0.4, -0.2) is 61.4 Å². The summed E-state index contributed by atoms with van der Waals surface area (Å²) in [6, 6.07) is 13.2. The van der Waals surface area contributed by atoms with Gasteiger partial charge in [0, 0.05) is 19.5 Å². The number of carbonyl (C=O) groups is 1. The number of aliphatic hydroxyl groups excluding tert-OH is 2. The number of imidazole rings is 1. The van der Waals surface area contributed by atoms with E-state index in [0.29, 0.717) is 34.3 Å². The van der Waals surface area contributed by atoms with Gasteiger partial charge in [0.15, 0.2) is 17.0 Å². The number of aliphatic hydroxyl groups is 2. The Bertz CT molecular complexity index is 1580. The van der Waals surface area contributed by atoms with Crippen LogP contribution in [0.1, 0.15) is 28.7 Å². The van der Waals surface area contributed by atoms with E-state index in [4.69, 9.17) is 11.6 Å². The largest absolute Gasteiger partial charge is 0.389 e. The first kappa shape index (κ1) is 24.8. The highest BCUT2D eigenvalue weighted by molar-refractivity contribution is 7.16. The van der Waals surface area contributed by atoms with Crippen molar-refractivity contribution in [3.05, 3.63) is 69.4 Å². The van der Waals surface area contributed by atoms with Crippen molar-refractivity contribution in [3.8, 4) is 11.8 Å². The van der Waals surface area contributed by atoms with Gasteiger partial charge in [0.05, 0.1) is 33.1 Å². The summed E-state index contributed by atoms with van der Waals surface area (Å²) in [4.78, 5) is 27.3. The molecule has 0 bridgehead atoms. The zero-order valence-corrected chi connectivity index (χ0v) is 22.0. The minimum atomic E-state index is -1.18. The number of benzene rings is 1. The van der Waals surface area contributed by atoms with Crippen LogP contribution in [0.2, 0.25) is 4.34 Å². The van der Waals surface area contributed by atoms with Gasteiger partial charge >= 0.3 is 0 Å². The molecule has 4 N–H and O–H groups in total. The molecule has 0 aliphatic heterocycles. The second-order valence-electron chi connectivity index (χ2n) is 9.59. The number of rotatable bonds is 6. The van der Waals surface area contributed by atoms with Crippen LogP contribution in [-0.2, 0) is 11.2 Å². The molecular formula is C27H25ClN6O3S. The molecule has 0 spiro atoms. The van der Waals surface area contributed by atoms with Crippen molar-refractivity contribution >= 4 is 45.8 Å². The molecule has 11 heteroatoms. The lowest BCUT2D eigenvalue weighted by molar-refractivity contribution is -0.132. The van der Waals surface area contributed by atoms with Crippen molar-refractivity contribution in [2.45, 2.75) is 31.1 Å². The van der Waals surface area contributed by atoms with Gasteiger partial charge in [-0.25, -0.2) is 15.0 Å². The molecule has 2 fully saturated rings. The van der Waals surface area contributed by atoms with Gasteiger partial charge in [-0.15, -0.1) is 11.3 Å². The molecule has 2 aliphatic carbocycles. The Hall–Kier alpha value is -3.49. The summed E-state index contributed by atoms with van der Waals surface area (Å²) in [5.74, 6) is 6.39. The molecule has 3 heterocycles. The average Bonchev–Trinajstić information content (AvgIpc) is 3.17. The number of nitrogens with one attached hydrogen (secondary N) is 2. The summed E-state index contributed by atoms with van der Waals surface area (Å²) in [7, 11) is 1.54. The van der Waals surface area contributed by atoms with E-state index < -0.39 is 23.7 Å². The lowest BCUT2D eigenvalue weighted by atomic mass is 9.98. The van der Waals surface area contributed by atoms with Gasteiger partial charge in [0.2, 0.25) is 11.7 Å². The van der Waals surface area contributed by atoms with Gasteiger partial charge in [-0.05, 0) is 42.4 Å². The van der Waals surface area contributed by atoms with Gasteiger partial charge < -0.3 is 25.4 Å². The Kier molecular flexibility index (Phi) is 6.32. The summed E-state index contributed by atoms with van der Waals surface area (Å²) in [6.45, 7) is 0.615. The molecule has 2 aliphatic rings. The number of amides is 1. The van der Waals surface area contributed by atoms with E-state index in [2.05, 4.69) is 49.6 Å². The van der Waals surface area contributed by atoms with Crippen LogP contribution in [0.3, 0.4) is 0 Å². The third-order valence-corrected chi connectivity index (χ3v) is 8.63. The minimum Gasteiger partial charge on any atom is -0.389 e. The number of halogens is 1. The molecule has 2 saturated carbocycles. The molecule has 4 aromatic rings. The number of hydrogen-bond donors (Lipinski definition) is 4. The Morgan fingerprint density at radius 1 is 1.21 bits per heavy atom. The Morgan fingerprint density at radius 3 is 2.76 bits per heavy atom. The predicted molar refractivity (Wildman–Crippen MR) is 145 cm³/mol. The molecule has 9 nitrogen and oxygen atoms in total. The highest BCUT2D eigenvalue weighted by Crippen LogP contribution is 2.67. The van der Waals surface area contributed by atoms with Gasteiger partial charge in [0.1, 0.15) is 6.10 Å². The second-order valence-corrected chi connectivity index (χ2v) is 11.3. The van der Waals surface area contributed by atoms with E-state index in [9.17, 15) is 15.0 Å². The van der Waals surface area contributed by atoms with Crippen LogP contribution >= 0.6 is 22.9 Å². The topological polar surface area (TPSA) is 125 Å². The Labute approximate surface area is 227 Å². The zero-order valence-electron chi connectivity index (χ0n) is 20.4. The quantitative estimate of drug-likeness (QED) is 0.273. The summed E-state index contributed by atoms with van der Waals surface area (Å²) in [6.07, 6.45) is 0.538. The highest BCUT2D eigenvalue weighted by Gasteiger charge is 2.75. The van der Waals surface area contributed by atoms with Crippen LogP contribution in [0.25, 0.3) is 11.2 Å². The fourth-order valence-electron chi connectivity index (χ4n) is 5.57. The van der Waals surface area contributed by atoms with Crippen molar-refractivity contribution in [1.82, 2.24) is 24.8 Å². The van der Waals surface area contributed by atoms with Crippen LogP contribution in [0.5, 0.6) is 0 Å². The van der Waals surface area contributed by atoms with Gasteiger partial charge in [-0.3, -0.25) is 4.79 Å². The SMILES string of the molecule is CNC(=O)[C@]12CC1[C@@H](n1cnc3c(NCCc4ccccc4)nc(C#Cc4ccc(Cl)s4)nc31)C(O)[C@@H]2O. The fourth-order valence-corrected chi connectivity index (χ4v) is 6.47. The summed E-state index contributed by atoms with van der Waals surface area (Å²) >= 11 is 7.41. The molecule has 1 aromatic carbocycles. The van der Waals surface area contributed by atoms with E-state index in [0.717, 1.165) is 11.3 Å². The second kappa shape index (κ2) is 9.67. The molecule has 6 rings (SSSR count). The first-order valence-electron chi connectivity index (χ1n) is 12.3. The van der Waals surface area contributed by atoms with E-state index >= 15 is 0 Å². The van der Waals surface area contributed by atoms with E-state index in [1.54, 1.807) is 17.0 Å². The number of carbonyl (C=O) groups excluding carboxylic acids is 1. The number of hydrogen-bond acceptors (Lipinski definition) is 8. The van der Waals surface area contributed by atoms with Crippen molar-refractivity contribution in [2.24, 2.45) is 11.3 Å². The first-order valence-corrected chi connectivity index (χ1v) is 13.5. The first-order chi connectivity index (χ1) is 18.4. The highest BCUT2D eigenvalue weighted by atomic mass is 35.5. The molecule has 5 atom stereocenters. The monoisotopic (exact) mass is 548 g/mol. The molecule has 194 valence electrons. The summed E-state index contributed by atoms with van der Waals surface area (Å²) in [5, 5.41) is 27.8. The molecular weight excluding hydrogens is 524 g/mol. The fraction of sp³-hybridized carbons (Fsp3) is 0.333. The Morgan fingerprint density at radius 2 is 2.03 bits per heavy atom. The van der Waals surface area contributed by atoms with E-state index in [1.807, 2.05) is 24.3 Å². The Balaban J connectivity index is 1.37. The lowest BCUT2D eigenvalue weighted by Crippen LogP contribution is -2.41. The zero-order chi connectivity index (χ0) is 26.4. The molecule has 0 radical (unpaired) electrons. The average molecular weight is 549 g/mol. The normalized spacial score (nSPS) is 25.5. The van der Waals surface area contributed by atoms with Crippen LogP contribution in [0.15, 0.2) is 48.8 Å². The van der Waals surface area contributed by atoms with E-state index in [-0.39, 0.29) is 17.6 Å². The van der Waals surface area contributed by atoms with Gasteiger partial charge in [-0.2, -0.15) is 0 Å². The number of nitrogens with zero attached hydrogens (tertiary/aromatic N) is 4. The number of anilines is 1. The van der Waals surface area contributed by atoms with Crippen molar-refractivity contribution < 1.29 is 15.0 Å². The number of thiophene rings is 1. The maximum Gasteiger partial charge on any atom is 0.229 e. The molecule has 1 amide bonds. The van der Waals surface area contributed by atoms with Crippen molar-refractivity contribution in [3.63, 3.8) is 0 Å².